The molecule has 0 radical (unpaired) electrons. The van der Waals surface area contributed by atoms with Gasteiger partial charge in [0.05, 0.1) is 7.11 Å². The Bertz CT molecular complexity index is 1020. The van der Waals surface area contributed by atoms with E-state index in [0.717, 1.165) is 10.9 Å². The Morgan fingerprint density at radius 2 is 1.61 bits per heavy atom. The van der Waals surface area contributed by atoms with Crippen LogP contribution in [-0.2, 0) is 9.53 Å². The number of rotatable bonds is 3. The van der Waals surface area contributed by atoms with Gasteiger partial charge in [-0.3, -0.25) is 4.79 Å². The van der Waals surface area contributed by atoms with Crippen molar-refractivity contribution in [2.24, 2.45) is 0 Å². The molecule has 0 amide bonds. The van der Waals surface area contributed by atoms with Crippen LogP contribution in [0.5, 0.6) is 0 Å². The molecule has 3 heteroatoms. The van der Waals surface area contributed by atoms with E-state index in [1.807, 2.05) is 6.26 Å². The minimum atomic E-state index is -0.311. The fourth-order valence-corrected chi connectivity index (χ4v) is 4.20. The molecule has 4 rings (SSSR count). The van der Waals surface area contributed by atoms with E-state index in [2.05, 4.69) is 54.6 Å². The first-order valence-electron chi connectivity index (χ1n) is 7.51. The van der Waals surface area contributed by atoms with Gasteiger partial charge in [0.2, 0.25) is 0 Å². The lowest BCUT2D eigenvalue weighted by Crippen LogP contribution is -2.11. The Kier molecular flexibility index (Phi) is 3.38. The molecule has 0 heterocycles. The zero-order chi connectivity index (χ0) is 16.0. The molecule has 0 aliphatic heterocycles. The molecule has 0 bridgehead atoms. The molecule has 4 aromatic carbocycles. The highest BCUT2D eigenvalue weighted by molar-refractivity contribution is 7.99. The molecule has 0 aliphatic carbocycles. The van der Waals surface area contributed by atoms with Crippen molar-refractivity contribution in [1.29, 1.82) is 0 Å². The van der Waals surface area contributed by atoms with Gasteiger partial charge in [-0.25, -0.2) is 0 Å². The monoisotopic (exact) mass is 320 g/mol. The van der Waals surface area contributed by atoms with Crippen molar-refractivity contribution in [2.45, 2.75) is 5.25 Å². The fraction of sp³-hybridized carbons (Fsp3) is 0.150. The van der Waals surface area contributed by atoms with Crippen molar-refractivity contribution in [1.82, 2.24) is 0 Å². The summed E-state index contributed by atoms with van der Waals surface area (Å²) in [6.45, 7) is 0. The molecule has 2 nitrogen and oxygen atoms in total. The van der Waals surface area contributed by atoms with E-state index in [4.69, 9.17) is 4.74 Å². The molecule has 1 unspecified atom stereocenters. The lowest BCUT2D eigenvalue weighted by Gasteiger charge is -2.18. The van der Waals surface area contributed by atoms with E-state index < -0.39 is 0 Å². The molecule has 23 heavy (non-hydrogen) atoms. The van der Waals surface area contributed by atoms with Gasteiger partial charge in [-0.2, -0.15) is 0 Å². The van der Waals surface area contributed by atoms with Crippen molar-refractivity contribution in [3.63, 3.8) is 0 Å². The van der Waals surface area contributed by atoms with Crippen molar-refractivity contribution in [3.05, 3.63) is 60.2 Å². The highest BCUT2D eigenvalue weighted by Crippen LogP contribution is 2.41. The van der Waals surface area contributed by atoms with Gasteiger partial charge >= 0.3 is 5.97 Å². The number of thioether (sulfide) groups is 1. The first-order chi connectivity index (χ1) is 11.2. The van der Waals surface area contributed by atoms with E-state index in [1.54, 1.807) is 0 Å². The third kappa shape index (κ3) is 2.07. The molecule has 0 spiro atoms. The molecule has 1 atom stereocenters. The van der Waals surface area contributed by atoms with Gasteiger partial charge < -0.3 is 4.74 Å². The molecule has 0 aromatic heterocycles. The summed E-state index contributed by atoms with van der Waals surface area (Å²) in [5.41, 5.74) is 1.03. The molecule has 0 fully saturated rings. The number of hydrogen-bond donors (Lipinski definition) is 0. The van der Waals surface area contributed by atoms with Crippen molar-refractivity contribution < 1.29 is 9.53 Å². The molecule has 0 saturated heterocycles. The lowest BCUT2D eigenvalue weighted by molar-refractivity contribution is -0.140. The summed E-state index contributed by atoms with van der Waals surface area (Å²) in [7, 11) is 1.45. The third-order valence-corrected chi connectivity index (χ3v) is 5.39. The molecule has 4 aromatic rings. The maximum absolute atomic E-state index is 12.2. The van der Waals surface area contributed by atoms with Crippen LogP contribution in [0.25, 0.3) is 32.3 Å². The predicted octanol–water partition coefficient (Wildman–Crippen LogP) is 5.16. The standard InChI is InChI=1S/C20H16O2S/c1-22-20(21)19(23-2)16-11-14-7-3-5-12-9-10-13-6-4-8-15(16)18(13)17(12)14/h3-11,19H,1-2H3. The first-order valence-corrected chi connectivity index (χ1v) is 8.80. The maximum atomic E-state index is 12.2. The Balaban J connectivity index is 2.18. The van der Waals surface area contributed by atoms with Crippen molar-refractivity contribution in [3.8, 4) is 0 Å². The molecule has 114 valence electrons. The number of benzene rings is 4. The Hall–Kier alpha value is -2.26. The summed E-state index contributed by atoms with van der Waals surface area (Å²) < 4.78 is 5.01. The Labute approximate surface area is 138 Å². The third-order valence-electron chi connectivity index (χ3n) is 4.47. The summed E-state index contributed by atoms with van der Waals surface area (Å²) in [6, 6.07) is 19.1. The Morgan fingerprint density at radius 1 is 0.957 bits per heavy atom. The van der Waals surface area contributed by atoms with Crippen LogP contribution in [0, 0.1) is 0 Å². The molecule has 0 saturated carbocycles. The highest BCUT2D eigenvalue weighted by Gasteiger charge is 2.24. The average molecular weight is 320 g/mol. The number of carbonyl (C=O) groups is 1. The van der Waals surface area contributed by atoms with Gasteiger partial charge in [-0.05, 0) is 50.2 Å². The van der Waals surface area contributed by atoms with Crippen LogP contribution < -0.4 is 0 Å². The van der Waals surface area contributed by atoms with Gasteiger partial charge in [0, 0.05) is 0 Å². The zero-order valence-electron chi connectivity index (χ0n) is 13.0. The van der Waals surface area contributed by atoms with E-state index >= 15 is 0 Å². The minimum Gasteiger partial charge on any atom is -0.468 e. The summed E-state index contributed by atoms with van der Waals surface area (Å²) in [5.74, 6) is -0.202. The van der Waals surface area contributed by atoms with Crippen LogP contribution in [0.1, 0.15) is 10.8 Å². The zero-order valence-corrected chi connectivity index (χ0v) is 13.8. The van der Waals surface area contributed by atoms with Crippen LogP contribution in [0.2, 0.25) is 0 Å². The van der Waals surface area contributed by atoms with Crippen LogP contribution in [0.3, 0.4) is 0 Å². The molecule has 0 aliphatic rings. The minimum absolute atomic E-state index is 0.202. The van der Waals surface area contributed by atoms with Gasteiger partial charge in [0.25, 0.3) is 0 Å². The number of ether oxygens (including phenoxy) is 1. The quantitative estimate of drug-likeness (QED) is 0.385. The summed E-state index contributed by atoms with van der Waals surface area (Å²) in [6.07, 6.45) is 1.95. The summed E-state index contributed by atoms with van der Waals surface area (Å²) >= 11 is 1.51. The lowest BCUT2D eigenvalue weighted by atomic mass is 9.90. The normalized spacial score (nSPS) is 13.0. The second-order valence-electron chi connectivity index (χ2n) is 5.65. The predicted molar refractivity (Wildman–Crippen MR) is 98.4 cm³/mol. The summed E-state index contributed by atoms with van der Waals surface area (Å²) in [4.78, 5) is 12.2. The van der Waals surface area contributed by atoms with Gasteiger partial charge in [0.15, 0.2) is 0 Å². The Morgan fingerprint density at radius 3 is 2.30 bits per heavy atom. The van der Waals surface area contributed by atoms with Crippen LogP contribution >= 0.6 is 11.8 Å². The second-order valence-corrected chi connectivity index (χ2v) is 6.60. The van der Waals surface area contributed by atoms with E-state index in [1.165, 1.54) is 45.8 Å². The van der Waals surface area contributed by atoms with E-state index in [0.29, 0.717) is 0 Å². The van der Waals surface area contributed by atoms with Gasteiger partial charge in [-0.1, -0.05) is 48.5 Å². The van der Waals surface area contributed by atoms with Crippen LogP contribution in [0.4, 0.5) is 0 Å². The molecule has 0 N–H and O–H groups in total. The van der Waals surface area contributed by atoms with Gasteiger partial charge in [0.1, 0.15) is 5.25 Å². The summed E-state index contributed by atoms with van der Waals surface area (Å²) in [5, 5.41) is 6.94. The van der Waals surface area contributed by atoms with Crippen LogP contribution in [-0.4, -0.2) is 19.3 Å². The van der Waals surface area contributed by atoms with Crippen molar-refractivity contribution >= 4 is 50.0 Å². The fourth-order valence-electron chi connectivity index (χ4n) is 3.46. The molecular weight excluding hydrogens is 304 g/mol. The molecular formula is C20H16O2S. The first kappa shape index (κ1) is 14.3. The van der Waals surface area contributed by atoms with Crippen LogP contribution in [0.15, 0.2) is 54.6 Å². The average Bonchev–Trinajstić information content (AvgIpc) is 2.60. The highest BCUT2D eigenvalue weighted by atomic mass is 32.2. The SMILES string of the molecule is COC(=O)C(SC)c1cc2cccc3ccc4cccc1c4c32. The van der Waals surface area contributed by atoms with Crippen molar-refractivity contribution in [2.75, 3.05) is 13.4 Å². The maximum Gasteiger partial charge on any atom is 0.323 e. The number of carbonyl (C=O) groups excluding carboxylic acids is 1. The topological polar surface area (TPSA) is 26.3 Å². The smallest absolute Gasteiger partial charge is 0.323 e. The number of methoxy groups -OCH3 is 1. The number of esters is 1. The number of hydrogen-bond acceptors (Lipinski definition) is 3. The second kappa shape index (κ2) is 5.43. The van der Waals surface area contributed by atoms with E-state index in [9.17, 15) is 4.79 Å². The largest absolute Gasteiger partial charge is 0.468 e. The van der Waals surface area contributed by atoms with Gasteiger partial charge in [-0.15, -0.1) is 11.8 Å². The van der Waals surface area contributed by atoms with E-state index in [-0.39, 0.29) is 11.2 Å².